The molecule has 0 bridgehead atoms. The largest absolute Gasteiger partial charge is 0.481 e. The van der Waals surface area contributed by atoms with E-state index in [4.69, 9.17) is 4.52 Å². The minimum Gasteiger partial charge on any atom is -0.481 e. The van der Waals surface area contributed by atoms with Crippen LogP contribution in [0.5, 0.6) is 0 Å². The third kappa shape index (κ3) is 2.29. The van der Waals surface area contributed by atoms with Gasteiger partial charge in [-0.15, -0.1) is 0 Å². The van der Waals surface area contributed by atoms with Crippen LogP contribution in [0.2, 0.25) is 0 Å². The first-order chi connectivity index (χ1) is 9.65. The molecular weight excluding hydrogens is 258 g/mol. The highest BCUT2D eigenvalue weighted by Gasteiger charge is 2.37. The smallest absolute Gasteiger partial charge is 0.307 e. The molecular formula is C14H15N3O3. The van der Waals surface area contributed by atoms with Crippen LogP contribution in [0.1, 0.15) is 36.6 Å². The Balaban J connectivity index is 1.89. The van der Waals surface area contributed by atoms with Crippen molar-refractivity contribution in [2.45, 2.75) is 32.1 Å². The van der Waals surface area contributed by atoms with Crippen molar-refractivity contribution in [1.82, 2.24) is 15.1 Å². The van der Waals surface area contributed by atoms with Crippen LogP contribution in [0.15, 0.2) is 22.9 Å². The molecule has 1 aliphatic rings. The molecule has 2 aromatic heterocycles. The van der Waals surface area contributed by atoms with Crippen molar-refractivity contribution in [3.8, 4) is 11.5 Å². The molecule has 0 saturated heterocycles. The van der Waals surface area contributed by atoms with Crippen LogP contribution >= 0.6 is 0 Å². The van der Waals surface area contributed by atoms with Gasteiger partial charge >= 0.3 is 5.97 Å². The summed E-state index contributed by atoms with van der Waals surface area (Å²) in [5.74, 6) is -0.568. The molecule has 0 aliphatic heterocycles. The van der Waals surface area contributed by atoms with Crippen molar-refractivity contribution in [3.05, 3.63) is 29.8 Å². The molecule has 3 rings (SSSR count). The van der Waals surface area contributed by atoms with Gasteiger partial charge in [-0.05, 0) is 37.5 Å². The number of aliphatic carboxylic acids is 1. The number of carbonyl (C=O) groups is 1. The lowest BCUT2D eigenvalue weighted by atomic mass is 9.96. The third-order valence-electron chi connectivity index (χ3n) is 3.74. The van der Waals surface area contributed by atoms with E-state index in [1.54, 1.807) is 6.20 Å². The summed E-state index contributed by atoms with van der Waals surface area (Å²) in [6.07, 6.45) is 4.01. The molecule has 0 spiro atoms. The number of hydrogen-bond donors (Lipinski definition) is 1. The van der Waals surface area contributed by atoms with Crippen LogP contribution in [0.3, 0.4) is 0 Å². The van der Waals surface area contributed by atoms with Crippen LogP contribution in [-0.4, -0.2) is 26.2 Å². The molecule has 1 saturated carbocycles. The average Bonchev–Trinajstić information content (AvgIpc) is 3.07. The van der Waals surface area contributed by atoms with Crippen molar-refractivity contribution in [3.63, 3.8) is 0 Å². The number of aryl methyl sites for hydroxylation is 1. The zero-order valence-electron chi connectivity index (χ0n) is 11.1. The molecule has 0 amide bonds. The van der Waals surface area contributed by atoms with Crippen LogP contribution in [0.4, 0.5) is 0 Å². The monoisotopic (exact) mass is 273 g/mol. The zero-order chi connectivity index (χ0) is 14.1. The number of rotatable bonds is 3. The lowest BCUT2D eigenvalue weighted by Gasteiger charge is -2.09. The van der Waals surface area contributed by atoms with Gasteiger partial charge < -0.3 is 9.63 Å². The number of nitrogens with zero attached hydrogens (tertiary/aromatic N) is 3. The fourth-order valence-electron chi connectivity index (χ4n) is 2.70. The second-order valence-electron chi connectivity index (χ2n) is 5.16. The predicted molar refractivity (Wildman–Crippen MR) is 70.0 cm³/mol. The van der Waals surface area contributed by atoms with Crippen molar-refractivity contribution in [1.29, 1.82) is 0 Å². The van der Waals surface area contributed by atoms with E-state index in [9.17, 15) is 9.90 Å². The third-order valence-corrected chi connectivity index (χ3v) is 3.74. The second kappa shape index (κ2) is 5.03. The minimum absolute atomic E-state index is 0.182. The van der Waals surface area contributed by atoms with E-state index in [2.05, 4.69) is 15.1 Å². The molecule has 0 aromatic carbocycles. The second-order valence-corrected chi connectivity index (χ2v) is 5.16. The molecule has 6 heteroatoms. The van der Waals surface area contributed by atoms with Gasteiger partial charge in [0.2, 0.25) is 11.7 Å². The van der Waals surface area contributed by atoms with Crippen LogP contribution in [0, 0.1) is 12.8 Å². The highest BCUT2D eigenvalue weighted by Crippen LogP contribution is 2.39. The topological polar surface area (TPSA) is 89.1 Å². The molecule has 20 heavy (non-hydrogen) atoms. The summed E-state index contributed by atoms with van der Waals surface area (Å²) in [6, 6.07) is 3.76. The van der Waals surface area contributed by atoms with E-state index >= 15 is 0 Å². The Bertz CT molecular complexity index is 638. The highest BCUT2D eigenvalue weighted by molar-refractivity contribution is 5.71. The van der Waals surface area contributed by atoms with Gasteiger partial charge in [-0.2, -0.15) is 4.98 Å². The molecule has 1 aliphatic carbocycles. The lowest BCUT2D eigenvalue weighted by Crippen LogP contribution is -2.17. The zero-order valence-corrected chi connectivity index (χ0v) is 11.1. The van der Waals surface area contributed by atoms with Gasteiger partial charge in [0, 0.05) is 6.20 Å². The summed E-state index contributed by atoms with van der Waals surface area (Å²) in [7, 11) is 0. The maximum absolute atomic E-state index is 11.2. The SMILES string of the molecule is Cc1ccnc(-c2noc(C3CCCC3C(=O)O)n2)c1. The van der Waals surface area contributed by atoms with Crippen molar-refractivity contribution < 1.29 is 14.4 Å². The Morgan fingerprint density at radius 2 is 2.30 bits per heavy atom. The molecule has 1 fully saturated rings. The molecule has 2 atom stereocenters. The van der Waals surface area contributed by atoms with E-state index in [0.29, 0.717) is 23.8 Å². The number of carboxylic acid groups (broad SMARTS) is 1. The molecule has 0 radical (unpaired) electrons. The average molecular weight is 273 g/mol. The standard InChI is InChI=1S/C14H15N3O3/c1-8-5-6-15-11(7-8)12-16-13(20-17-12)9-3-2-4-10(9)14(18)19/h5-7,9-10H,2-4H2,1H3,(H,18,19). The van der Waals surface area contributed by atoms with Gasteiger partial charge in [0.15, 0.2) is 0 Å². The molecule has 1 N–H and O–H groups in total. The van der Waals surface area contributed by atoms with Gasteiger partial charge in [0.05, 0.1) is 11.8 Å². The number of aromatic nitrogens is 3. The van der Waals surface area contributed by atoms with Gasteiger partial charge in [-0.1, -0.05) is 11.6 Å². The maximum atomic E-state index is 11.2. The lowest BCUT2D eigenvalue weighted by molar-refractivity contribution is -0.142. The van der Waals surface area contributed by atoms with Crippen LogP contribution in [0.25, 0.3) is 11.5 Å². The van der Waals surface area contributed by atoms with E-state index in [0.717, 1.165) is 18.4 Å². The highest BCUT2D eigenvalue weighted by atomic mass is 16.5. The molecule has 6 nitrogen and oxygen atoms in total. The van der Waals surface area contributed by atoms with Crippen molar-refractivity contribution in [2.24, 2.45) is 5.92 Å². The first-order valence-electron chi connectivity index (χ1n) is 6.64. The van der Waals surface area contributed by atoms with Crippen LogP contribution in [-0.2, 0) is 4.79 Å². The van der Waals surface area contributed by atoms with E-state index in [-0.39, 0.29) is 5.92 Å². The first-order valence-corrected chi connectivity index (χ1v) is 6.64. The summed E-state index contributed by atoms with van der Waals surface area (Å²) in [6.45, 7) is 1.96. The van der Waals surface area contributed by atoms with Gasteiger partial charge in [0.25, 0.3) is 0 Å². The number of carboxylic acids is 1. The fraction of sp³-hybridized carbons (Fsp3) is 0.429. The van der Waals surface area contributed by atoms with Crippen LogP contribution < -0.4 is 0 Å². The fourth-order valence-corrected chi connectivity index (χ4v) is 2.70. The normalized spacial score (nSPS) is 22.1. The summed E-state index contributed by atoms with van der Waals surface area (Å²) in [5.41, 5.74) is 1.70. The van der Waals surface area contributed by atoms with E-state index < -0.39 is 11.9 Å². The van der Waals surface area contributed by atoms with Gasteiger partial charge in [-0.25, -0.2) is 0 Å². The van der Waals surface area contributed by atoms with Gasteiger partial charge in [-0.3, -0.25) is 9.78 Å². The Kier molecular flexibility index (Phi) is 3.22. The quantitative estimate of drug-likeness (QED) is 0.923. The Labute approximate surface area is 115 Å². The Morgan fingerprint density at radius 3 is 3.05 bits per heavy atom. The predicted octanol–water partition coefficient (Wildman–Crippen LogP) is 2.41. The first kappa shape index (κ1) is 12.8. The molecule has 2 unspecified atom stereocenters. The number of pyridine rings is 1. The van der Waals surface area contributed by atoms with E-state index in [1.807, 2.05) is 19.1 Å². The van der Waals surface area contributed by atoms with Crippen molar-refractivity contribution >= 4 is 5.97 Å². The Hall–Kier alpha value is -2.24. The van der Waals surface area contributed by atoms with Crippen molar-refractivity contribution in [2.75, 3.05) is 0 Å². The maximum Gasteiger partial charge on any atom is 0.307 e. The summed E-state index contributed by atoms with van der Waals surface area (Å²) >= 11 is 0. The number of hydrogen-bond acceptors (Lipinski definition) is 5. The summed E-state index contributed by atoms with van der Waals surface area (Å²) in [4.78, 5) is 19.7. The molecule has 104 valence electrons. The van der Waals surface area contributed by atoms with E-state index in [1.165, 1.54) is 0 Å². The molecule has 2 aromatic rings. The minimum atomic E-state index is -0.791. The summed E-state index contributed by atoms with van der Waals surface area (Å²) in [5, 5.41) is 13.1. The Morgan fingerprint density at radius 1 is 1.45 bits per heavy atom. The molecule has 2 heterocycles. The van der Waals surface area contributed by atoms with Gasteiger partial charge in [0.1, 0.15) is 5.69 Å². The summed E-state index contributed by atoms with van der Waals surface area (Å²) < 4.78 is 5.26.